The number of hydrogen-bond acceptors (Lipinski definition) is 2. The van der Waals surface area contributed by atoms with Crippen molar-refractivity contribution in [1.29, 1.82) is 0 Å². The summed E-state index contributed by atoms with van der Waals surface area (Å²) in [6.07, 6.45) is 0. The summed E-state index contributed by atoms with van der Waals surface area (Å²) in [7, 11) is 3.39. The van der Waals surface area contributed by atoms with E-state index in [1.807, 2.05) is 24.6 Å². The maximum Gasteiger partial charge on any atom is 0.218 e. The third kappa shape index (κ3) is 2.46. The quantitative estimate of drug-likeness (QED) is 0.522. The smallest absolute Gasteiger partial charge is 0.218 e. The highest BCUT2D eigenvalue weighted by Crippen LogP contribution is 2.18. The lowest BCUT2D eigenvalue weighted by Gasteiger charge is -2.14. The number of hydrogen-bond donors (Lipinski definition) is 2. The molecule has 0 saturated heterocycles. The van der Waals surface area contributed by atoms with E-state index in [2.05, 4.69) is 9.98 Å². The average molecular weight is 211 g/mol. The van der Waals surface area contributed by atoms with Crippen molar-refractivity contribution in [3.63, 3.8) is 0 Å². The molecule has 14 heavy (non-hydrogen) atoms. The topological polar surface area (TPSA) is 80.0 Å². The maximum absolute atomic E-state index is 5.71. The van der Waals surface area contributed by atoms with Gasteiger partial charge in [0.1, 0.15) is 0 Å². The second-order valence-corrected chi connectivity index (χ2v) is 3.49. The number of guanidine groups is 2. The van der Waals surface area contributed by atoms with Crippen LogP contribution in [0.4, 0.5) is 5.00 Å². The van der Waals surface area contributed by atoms with Gasteiger partial charge < -0.3 is 16.4 Å². The second-order valence-electron chi connectivity index (χ2n) is 2.56. The van der Waals surface area contributed by atoms with E-state index in [4.69, 9.17) is 11.5 Å². The van der Waals surface area contributed by atoms with Crippen LogP contribution in [0.3, 0.4) is 0 Å². The van der Waals surface area contributed by atoms with Crippen LogP contribution in [0.1, 0.15) is 0 Å². The largest absolute Gasteiger partial charge is 0.369 e. The van der Waals surface area contributed by atoms with Gasteiger partial charge in [-0.1, -0.05) is 0 Å². The molecule has 0 amide bonds. The van der Waals surface area contributed by atoms with Crippen molar-refractivity contribution in [2.45, 2.75) is 0 Å². The van der Waals surface area contributed by atoms with E-state index in [9.17, 15) is 0 Å². The molecule has 1 rings (SSSR count). The molecule has 0 aliphatic heterocycles. The summed E-state index contributed by atoms with van der Waals surface area (Å²) in [5, 5.41) is 2.98. The molecule has 1 aromatic rings. The lowest BCUT2D eigenvalue weighted by atomic mass is 10.6. The van der Waals surface area contributed by atoms with Crippen molar-refractivity contribution >= 4 is 28.3 Å². The van der Waals surface area contributed by atoms with E-state index in [0.717, 1.165) is 5.00 Å². The molecular weight excluding hydrogens is 198 g/mol. The first-order valence-corrected chi connectivity index (χ1v) is 4.86. The van der Waals surface area contributed by atoms with Crippen molar-refractivity contribution in [2.24, 2.45) is 21.5 Å². The molecule has 0 aromatic carbocycles. The van der Waals surface area contributed by atoms with Crippen LogP contribution in [0.15, 0.2) is 27.5 Å². The van der Waals surface area contributed by atoms with Gasteiger partial charge in [-0.25, -0.2) is 0 Å². The van der Waals surface area contributed by atoms with Gasteiger partial charge in [0.15, 0.2) is 0 Å². The number of thiophene rings is 1. The van der Waals surface area contributed by atoms with Gasteiger partial charge in [0.2, 0.25) is 11.9 Å². The Morgan fingerprint density at radius 3 is 2.71 bits per heavy atom. The molecule has 0 bridgehead atoms. The van der Waals surface area contributed by atoms with Gasteiger partial charge in [-0.3, -0.25) is 4.99 Å². The minimum atomic E-state index is 0.172. The Morgan fingerprint density at radius 1 is 1.50 bits per heavy atom. The summed E-state index contributed by atoms with van der Waals surface area (Å²) in [6, 6.07) is 3.90. The van der Waals surface area contributed by atoms with Crippen LogP contribution in [0.5, 0.6) is 0 Å². The number of nitrogens with two attached hydrogens (primary N) is 2. The lowest BCUT2D eigenvalue weighted by Crippen LogP contribution is -2.35. The molecule has 0 atom stereocenters. The van der Waals surface area contributed by atoms with Crippen LogP contribution < -0.4 is 16.4 Å². The van der Waals surface area contributed by atoms with Gasteiger partial charge in [-0.15, -0.1) is 11.3 Å². The molecule has 0 saturated carbocycles. The van der Waals surface area contributed by atoms with Gasteiger partial charge >= 0.3 is 0 Å². The zero-order chi connectivity index (χ0) is 10.6. The highest BCUT2D eigenvalue weighted by Gasteiger charge is 2.05. The molecule has 76 valence electrons. The number of aliphatic imine (C=N–C) groups is 2. The third-order valence-electron chi connectivity index (χ3n) is 1.64. The van der Waals surface area contributed by atoms with E-state index >= 15 is 0 Å². The molecule has 1 heterocycles. The Bertz CT molecular complexity index is 341. The van der Waals surface area contributed by atoms with Crippen LogP contribution in [-0.4, -0.2) is 26.0 Å². The standard InChI is InChI=1S/C8H13N5S/c1-11-7(9)12-8(10)13(2)6-4-3-5-14-6/h3-5H,1-2H3,(H4,9,10,11,12). The summed E-state index contributed by atoms with van der Waals surface area (Å²) < 4.78 is 0. The predicted molar refractivity (Wildman–Crippen MR) is 61.9 cm³/mol. The highest BCUT2D eigenvalue weighted by atomic mass is 32.1. The molecule has 0 spiro atoms. The molecule has 0 aliphatic rings. The SMILES string of the molecule is CN=C(N)N=C(N)N(C)c1cccs1. The first kappa shape index (κ1) is 10.5. The lowest BCUT2D eigenvalue weighted by molar-refractivity contribution is 1.24. The van der Waals surface area contributed by atoms with Crippen LogP contribution in [0.2, 0.25) is 0 Å². The highest BCUT2D eigenvalue weighted by molar-refractivity contribution is 7.14. The first-order chi connectivity index (χ1) is 6.65. The van der Waals surface area contributed by atoms with Crippen molar-refractivity contribution in [2.75, 3.05) is 19.0 Å². The van der Waals surface area contributed by atoms with E-state index < -0.39 is 0 Å². The monoisotopic (exact) mass is 211 g/mol. The average Bonchev–Trinajstić information content (AvgIpc) is 2.69. The Kier molecular flexibility index (Phi) is 3.47. The van der Waals surface area contributed by atoms with E-state index in [1.165, 1.54) is 0 Å². The summed E-state index contributed by atoms with van der Waals surface area (Å²) in [4.78, 5) is 9.35. The molecule has 6 heteroatoms. The van der Waals surface area contributed by atoms with Crippen LogP contribution in [-0.2, 0) is 0 Å². The van der Waals surface area contributed by atoms with Crippen molar-refractivity contribution in [1.82, 2.24) is 0 Å². The number of rotatable bonds is 1. The zero-order valence-electron chi connectivity index (χ0n) is 8.14. The normalized spacial score (nSPS) is 13.0. The first-order valence-electron chi connectivity index (χ1n) is 3.98. The van der Waals surface area contributed by atoms with Crippen molar-refractivity contribution < 1.29 is 0 Å². The molecule has 5 nitrogen and oxygen atoms in total. The van der Waals surface area contributed by atoms with Crippen LogP contribution in [0.25, 0.3) is 0 Å². The molecule has 4 N–H and O–H groups in total. The Hall–Kier alpha value is -1.56. The minimum absolute atomic E-state index is 0.172. The molecule has 0 aliphatic carbocycles. The Labute approximate surface area is 86.8 Å². The second kappa shape index (κ2) is 4.61. The fourth-order valence-electron chi connectivity index (χ4n) is 0.816. The summed E-state index contributed by atoms with van der Waals surface area (Å²) in [6.45, 7) is 0. The van der Waals surface area contributed by atoms with E-state index in [1.54, 1.807) is 23.3 Å². The summed E-state index contributed by atoms with van der Waals surface area (Å²) in [5.74, 6) is 0.501. The van der Waals surface area contributed by atoms with Crippen LogP contribution >= 0.6 is 11.3 Å². The van der Waals surface area contributed by atoms with Gasteiger partial charge in [0, 0.05) is 14.1 Å². The van der Waals surface area contributed by atoms with Gasteiger partial charge in [-0.2, -0.15) is 4.99 Å². The Balaban J connectivity index is 2.80. The molecular formula is C8H13N5S. The van der Waals surface area contributed by atoms with Gasteiger partial charge in [0.05, 0.1) is 5.00 Å². The van der Waals surface area contributed by atoms with Gasteiger partial charge in [-0.05, 0) is 17.5 Å². The number of anilines is 1. The maximum atomic E-state index is 5.71. The predicted octanol–water partition coefficient (Wildman–Crippen LogP) is 0.444. The zero-order valence-corrected chi connectivity index (χ0v) is 8.95. The van der Waals surface area contributed by atoms with E-state index in [-0.39, 0.29) is 5.96 Å². The van der Waals surface area contributed by atoms with Crippen LogP contribution in [0, 0.1) is 0 Å². The summed E-state index contributed by atoms with van der Waals surface area (Å²) in [5.41, 5.74) is 11.1. The summed E-state index contributed by atoms with van der Waals surface area (Å²) >= 11 is 1.58. The Morgan fingerprint density at radius 2 is 2.21 bits per heavy atom. The molecule has 0 fully saturated rings. The van der Waals surface area contributed by atoms with E-state index in [0.29, 0.717) is 5.96 Å². The fourth-order valence-corrected chi connectivity index (χ4v) is 1.52. The molecule has 0 unspecified atom stereocenters. The third-order valence-corrected chi connectivity index (χ3v) is 2.58. The minimum Gasteiger partial charge on any atom is -0.369 e. The van der Waals surface area contributed by atoms with Crippen molar-refractivity contribution in [3.8, 4) is 0 Å². The molecule has 0 radical (unpaired) electrons. The number of nitrogens with zero attached hydrogens (tertiary/aromatic N) is 3. The molecule has 1 aromatic heterocycles. The van der Waals surface area contributed by atoms with Gasteiger partial charge in [0.25, 0.3) is 0 Å². The van der Waals surface area contributed by atoms with Crippen molar-refractivity contribution in [3.05, 3.63) is 17.5 Å². The fraction of sp³-hybridized carbons (Fsp3) is 0.250.